The number of ether oxygens (including phenoxy) is 2. The van der Waals surface area contributed by atoms with E-state index in [0.717, 1.165) is 5.56 Å². The van der Waals surface area contributed by atoms with Crippen LogP contribution in [0.2, 0.25) is 0 Å². The van der Waals surface area contributed by atoms with Gasteiger partial charge in [-0.15, -0.1) is 0 Å². The van der Waals surface area contributed by atoms with Gasteiger partial charge in [0.05, 0.1) is 25.5 Å². The zero-order valence-corrected chi connectivity index (χ0v) is 12.7. The maximum absolute atomic E-state index is 12.3. The highest BCUT2D eigenvalue weighted by atomic mass is 16.5. The molecule has 1 amide bonds. The van der Waals surface area contributed by atoms with E-state index in [-0.39, 0.29) is 5.91 Å². The molecule has 23 heavy (non-hydrogen) atoms. The molecule has 5 heteroatoms. The molecule has 1 aliphatic heterocycles. The summed E-state index contributed by atoms with van der Waals surface area (Å²) in [6, 6.07) is 12.7. The number of nitrogens with one attached hydrogen (secondary N) is 1. The summed E-state index contributed by atoms with van der Waals surface area (Å²) in [5.41, 5.74) is 2.92. The topological polar surface area (TPSA) is 71.3 Å². The molecule has 2 aromatic rings. The molecule has 0 atom stereocenters. The smallest absolute Gasteiger partial charge is 0.256 e. The fraction of sp³-hybridized carbons (Fsp3) is 0.111. The third kappa shape index (κ3) is 2.51. The van der Waals surface area contributed by atoms with Crippen LogP contribution < -0.4 is 14.8 Å². The number of nitriles is 1. The zero-order valence-electron chi connectivity index (χ0n) is 12.7. The number of carbonyl (C=O) groups is 1. The lowest BCUT2D eigenvalue weighted by Crippen LogP contribution is -2.04. The number of para-hydroxylation sites is 1. The van der Waals surface area contributed by atoms with Crippen LogP contribution in [-0.4, -0.2) is 20.1 Å². The van der Waals surface area contributed by atoms with Crippen LogP contribution in [-0.2, 0) is 4.79 Å². The molecule has 0 aliphatic carbocycles. The Morgan fingerprint density at radius 1 is 1.17 bits per heavy atom. The predicted molar refractivity (Wildman–Crippen MR) is 87.2 cm³/mol. The van der Waals surface area contributed by atoms with E-state index >= 15 is 0 Å². The Morgan fingerprint density at radius 3 is 2.70 bits per heavy atom. The molecule has 3 rings (SSSR count). The van der Waals surface area contributed by atoms with Crippen molar-refractivity contribution in [3.63, 3.8) is 0 Å². The van der Waals surface area contributed by atoms with E-state index in [1.54, 1.807) is 50.6 Å². The van der Waals surface area contributed by atoms with Crippen LogP contribution in [0.3, 0.4) is 0 Å². The molecule has 0 unspecified atom stereocenters. The molecule has 1 aliphatic rings. The lowest BCUT2D eigenvalue weighted by Gasteiger charge is -2.08. The summed E-state index contributed by atoms with van der Waals surface area (Å²) in [5.74, 6) is 1.06. The SMILES string of the molecule is COc1ccc(OC)c(C=C2C(=O)Nc3c(C#N)cccc32)c1. The first-order valence-corrected chi connectivity index (χ1v) is 6.96. The molecule has 0 bridgehead atoms. The third-order valence-corrected chi connectivity index (χ3v) is 3.69. The van der Waals surface area contributed by atoms with Gasteiger partial charge in [0.1, 0.15) is 17.6 Å². The normalized spacial score (nSPS) is 14.1. The first-order chi connectivity index (χ1) is 11.2. The van der Waals surface area contributed by atoms with E-state index in [4.69, 9.17) is 14.7 Å². The molecule has 0 fully saturated rings. The van der Waals surface area contributed by atoms with Crippen molar-refractivity contribution in [3.05, 3.63) is 53.1 Å². The number of anilines is 1. The highest BCUT2D eigenvalue weighted by molar-refractivity contribution is 6.35. The number of carbonyl (C=O) groups excluding carboxylic acids is 1. The molecular weight excluding hydrogens is 292 g/mol. The second kappa shape index (κ2) is 5.85. The summed E-state index contributed by atoms with van der Waals surface area (Å²) in [6.45, 7) is 0. The van der Waals surface area contributed by atoms with Crippen molar-refractivity contribution < 1.29 is 14.3 Å². The Morgan fingerprint density at radius 2 is 2.00 bits per heavy atom. The number of methoxy groups -OCH3 is 2. The van der Waals surface area contributed by atoms with E-state index in [1.807, 2.05) is 6.07 Å². The molecule has 1 N–H and O–H groups in total. The molecular formula is C18H14N2O3. The Bertz CT molecular complexity index is 863. The molecule has 0 saturated heterocycles. The predicted octanol–water partition coefficient (Wildman–Crippen LogP) is 3.07. The summed E-state index contributed by atoms with van der Waals surface area (Å²) < 4.78 is 10.6. The number of rotatable bonds is 3. The molecule has 0 saturated carbocycles. The van der Waals surface area contributed by atoms with Crippen LogP contribution in [0, 0.1) is 11.3 Å². The van der Waals surface area contributed by atoms with Crippen molar-refractivity contribution in [1.82, 2.24) is 0 Å². The van der Waals surface area contributed by atoms with E-state index in [1.165, 1.54) is 0 Å². The van der Waals surface area contributed by atoms with Gasteiger partial charge in [-0.1, -0.05) is 12.1 Å². The lowest BCUT2D eigenvalue weighted by atomic mass is 10.0. The second-order valence-corrected chi connectivity index (χ2v) is 4.96. The Balaban J connectivity index is 2.16. The van der Waals surface area contributed by atoms with Gasteiger partial charge in [-0.25, -0.2) is 0 Å². The quantitative estimate of drug-likeness (QED) is 0.885. The number of benzene rings is 2. The van der Waals surface area contributed by atoms with Gasteiger partial charge < -0.3 is 14.8 Å². The van der Waals surface area contributed by atoms with E-state index < -0.39 is 0 Å². The molecule has 0 spiro atoms. The second-order valence-electron chi connectivity index (χ2n) is 4.96. The minimum atomic E-state index is -0.243. The first-order valence-electron chi connectivity index (χ1n) is 6.96. The average Bonchev–Trinajstić information content (AvgIpc) is 2.90. The van der Waals surface area contributed by atoms with Crippen LogP contribution in [0.25, 0.3) is 11.6 Å². The molecule has 5 nitrogen and oxygen atoms in total. The summed E-state index contributed by atoms with van der Waals surface area (Å²) in [5, 5.41) is 11.9. The number of fused-ring (bicyclic) bond motifs is 1. The number of amides is 1. The van der Waals surface area contributed by atoms with Gasteiger partial charge in [0.15, 0.2) is 0 Å². The molecule has 0 radical (unpaired) electrons. The Labute approximate surface area is 133 Å². The molecule has 114 valence electrons. The summed E-state index contributed by atoms with van der Waals surface area (Å²) in [4.78, 5) is 12.3. The van der Waals surface area contributed by atoms with Gasteiger partial charge in [-0.05, 0) is 30.3 Å². The summed E-state index contributed by atoms with van der Waals surface area (Å²) in [7, 11) is 3.15. The van der Waals surface area contributed by atoms with Crippen molar-refractivity contribution in [2.75, 3.05) is 19.5 Å². The van der Waals surface area contributed by atoms with Crippen LogP contribution in [0.1, 0.15) is 16.7 Å². The van der Waals surface area contributed by atoms with Crippen LogP contribution >= 0.6 is 0 Å². The minimum absolute atomic E-state index is 0.243. The number of hydrogen-bond acceptors (Lipinski definition) is 4. The highest BCUT2D eigenvalue weighted by Gasteiger charge is 2.26. The van der Waals surface area contributed by atoms with Gasteiger partial charge >= 0.3 is 0 Å². The van der Waals surface area contributed by atoms with Gasteiger partial charge in [0.25, 0.3) is 5.91 Å². The van der Waals surface area contributed by atoms with Gasteiger partial charge in [0.2, 0.25) is 0 Å². The van der Waals surface area contributed by atoms with Crippen LogP contribution in [0.15, 0.2) is 36.4 Å². The zero-order chi connectivity index (χ0) is 16.4. The van der Waals surface area contributed by atoms with E-state index in [9.17, 15) is 4.79 Å². The van der Waals surface area contributed by atoms with Crippen molar-refractivity contribution in [2.45, 2.75) is 0 Å². The van der Waals surface area contributed by atoms with E-state index in [2.05, 4.69) is 11.4 Å². The maximum atomic E-state index is 12.3. The van der Waals surface area contributed by atoms with Crippen molar-refractivity contribution in [1.29, 1.82) is 5.26 Å². The monoisotopic (exact) mass is 306 g/mol. The number of nitrogens with zero attached hydrogens (tertiary/aromatic N) is 1. The molecule has 0 aromatic heterocycles. The van der Waals surface area contributed by atoms with E-state index in [0.29, 0.717) is 33.9 Å². The highest BCUT2D eigenvalue weighted by Crippen LogP contribution is 2.37. The first kappa shape index (κ1) is 14.7. The van der Waals surface area contributed by atoms with Gasteiger partial charge in [-0.2, -0.15) is 5.26 Å². The number of hydrogen-bond donors (Lipinski definition) is 1. The average molecular weight is 306 g/mol. The standard InChI is InChI=1S/C18H14N2O3/c1-22-13-6-7-16(23-2)12(8-13)9-15-14-5-3-4-11(10-19)17(14)20-18(15)21/h3-9H,1-2H3,(H,20,21). The molecule has 1 heterocycles. The maximum Gasteiger partial charge on any atom is 0.256 e. The Hall–Kier alpha value is -3.26. The summed E-state index contributed by atoms with van der Waals surface area (Å²) in [6.07, 6.45) is 1.74. The van der Waals surface area contributed by atoms with Crippen LogP contribution in [0.4, 0.5) is 5.69 Å². The lowest BCUT2D eigenvalue weighted by molar-refractivity contribution is -0.110. The fourth-order valence-corrected chi connectivity index (χ4v) is 2.56. The molecule has 2 aromatic carbocycles. The minimum Gasteiger partial charge on any atom is -0.497 e. The summed E-state index contributed by atoms with van der Waals surface area (Å²) >= 11 is 0. The van der Waals surface area contributed by atoms with Crippen LogP contribution in [0.5, 0.6) is 11.5 Å². The third-order valence-electron chi connectivity index (χ3n) is 3.69. The Kier molecular flexibility index (Phi) is 3.73. The van der Waals surface area contributed by atoms with Crippen molar-refractivity contribution >= 4 is 23.2 Å². The van der Waals surface area contributed by atoms with Gasteiger partial charge in [0, 0.05) is 16.7 Å². The van der Waals surface area contributed by atoms with Gasteiger partial charge in [-0.3, -0.25) is 4.79 Å². The van der Waals surface area contributed by atoms with Crippen molar-refractivity contribution in [2.24, 2.45) is 0 Å². The fourth-order valence-electron chi connectivity index (χ4n) is 2.56. The van der Waals surface area contributed by atoms with Crippen molar-refractivity contribution in [3.8, 4) is 17.6 Å². The largest absolute Gasteiger partial charge is 0.497 e.